The number of nitrogen functional groups attached to an aromatic ring is 1. The molecule has 8 nitrogen and oxygen atoms in total. The predicted octanol–water partition coefficient (Wildman–Crippen LogP) is 2.61. The standard InChI is InChI=1S/C20H24BrN5O3/c1-28-14-11-13-17(16(21)18(14)29-2)23-20(24-19(13)22)26-9-7-25(8-10-26)15(27)6-5-12-3-4-12/h5-6,11-12H,3-4,7-10H2,1-2H3,(H2,22,23,24). The molecule has 2 aliphatic rings. The van der Waals surface area contributed by atoms with Crippen LogP contribution >= 0.6 is 15.9 Å². The van der Waals surface area contributed by atoms with Gasteiger partial charge in [0.15, 0.2) is 11.5 Å². The van der Waals surface area contributed by atoms with Crippen LogP contribution in [-0.2, 0) is 4.79 Å². The van der Waals surface area contributed by atoms with Crippen molar-refractivity contribution in [2.45, 2.75) is 12.8 Å². The Balaban J connectivity index is 1.55. The number of hydrogen-bond donors (Lipinski definition) is 1. The highest BCUT2D eigenvalue weighted by Gasteiger charge is 2.25. The molecule has 1 saturated heterocycles. The summed E-state index contributed by atoms with van der Waals surface area (Å²) < 4.78 is 11.5. The number of rotatable bonds is 5. The molecule has 1 aromatic heterocycles. The Kier molecular flexibility index (Phi) is 5.49. The third kappa shape index (κ3) is 3.96. The second kappa shape index (κ2) is 8.06. The number of aromatic nitrogens is 2. The quantitative estimate of drug-likeness (QED) is 0.683. The molecule has 4 rings (SSSR count). The van der Waals surface area contributed by atoms with E-state index in [9.17, 15) is 4.79 Å². The number of nitrogens with two attached hydrogens (primary N) is 1. The number of ether oxygens (including phenoxy) is 2. The summed E-state index contributed by atoms with van der Waals surface area (Å²) in [5, 5.41) is 0.692. The molecule has 2 fully saturated rings. The van der Waals surface area contributed by atoms with E-state index in [1.807, 2.05) is 15.9 Å². The van der Waals surface area contributed by atoms with Crippen LogP contribution in [0.15, 0.2) is 22.7 Å². The lowest BCUT2D eigenvalue weighted by Crippen LogP contribution is -2.48. The highest BCUT2D eigenvalue weighted by atomic mass is 79.9. The minimum atomic E-state index is 0.0788. The number of allylic oxidation sites excluding steroid dienone is 1. The van der Waals surface area contributed by atoms with Crippen molar-refractivity contribution in [2.24, 2.45) is 5.92 Å². The molecule has 0 atom stereocenters. The van der Waals surface area contributed by atoms with Crippen LogP contribution in [0.1, 0.15) is 12.8 Å². The first-order chi connectivity index (χ1) is 14.0. The highest BCUT2D eigenvalue weighted by molar-refractivity contribution is 9.10. The average molecular weight is 462 g/mol. The van der Waals surface area contributed by atoms with Gasteiger partial charge in [-0.05, 0) is 46.8 Å². The molecule has 1 aromatic carbocycles. The van der Waals surface area contributed by atoms with Crippen LogP contribution in [0.5, 0.6) is 11.5 Å². The number of hydrogen-bond acceptors (Lipinski definition) is 7. The van der Waals surface area contributed by atoms with Gasteiger partial charge in [0.1, 0.15) is 5.82 Å². The number of anilines is 2. The van der Waals surface area contributed by atoms with Gasteiger partial charge in [0, 0.05) is 31.6 Å². The third-order valence-corrected chi connectivity index (χ3v) is 6.04. The maximum absolute atomic E-state index is 12.3. The molecule has 1 aliphatic heterocycles. The number of halogens is 1. The van der Waals surface area contributed by atoms with Gasteiger partial charge in [0.2, 0.25) is 11.9 Å². The summed E-state index contributed by atoms with van der Waals surface area (Å²) in [5.41, 5.74) is 6.89. The molecule has 1 saturated carbocycles. The van der Waals surface area contributed by atoms with Crippen molar-refractivity contribution in [3.8, 4) is 11.5 Å². The number of fused-ring (bicyclic) bond motifs is 1. The minimum Gasteiger partial charge on any atom is -0.493 e. The SMILES string of the molecule is COc1cc2c(N)nc(N3CCN(C(=O)C=CC4CC4)CC3)nc2c(Br)c1OC. The fourth-order valence-corrected chi connectivity index (χ4v) is 4.08. The summed E-state index contributed by atoms with van der Waals surface area (Å²) in [6, 6.07) is 1.78. The van der Waals surface area contributed by atoms with E-state index in [0.717, 1.165) is 0 Å². The van der Waals surface area contributed by atoms with Gasteiger partial charge in [0.25, 0.3) is 0 Å². The number of carbonyl (C=O) groups is 1. The summed E-state index contributed by atoms with van der Waals surface area (Å²) in [6.07, 6.45) is 6.14. The lowest BCUT2D eigenvalue weighted by atomic mass is 10.2. The van der Waals surface area contributed by atoms with Crippen molar-refractivity contribution in [3.63, 3.8) is 0 Å². The highest BCUT2D eigenvalue weighted by Crippen LogP contribution is 2.42. The van der Waals surface area contributed by atoms with E-state index in [4.69, 9.17) is 20.2 Å². The number of piperazine rings is 1. The molecule has 154 valence electrons. The van der Waals surface area contributed by atoms with Gasteiger partial charge in [-0.25, -0.2) is 4.98 Å². The third-order valence-electron chi connectivity index (χ3n) is 5.30. The van der Waals surface area contributed by atoms with Gasteiger partial charge < -0.3 is 25.0 Å². The molecule has 2 heterocycles. The monoisotopic (exact) mass is 461 g/mol. The number of methoxy groups -OCH3 is 2. The van der Waals surface area contributed by atoms with Gasteiger partial charge in [-0.2, -0.15) is 4.98 Å². The van der Waals surface area contributed by atoms with E-state index in [2.05, 4.69) is 20.9 Å². The molecule has 0 spiro atoms. The summed E-state index contributed by atoms with van der Waals surface area (Å²) in [5.74, 6) is 2.71. The molecule has 1 amide bonds. The van der Waals surface area contributed by atoms with E-state index in [-0.39, 0.29) is 5.91 Å². The predicted molar refractivity (Wildman–Crippen MR) is 115 cm³/mol. The van der Waals surface area contributed by atoms with Crippen LogP contribution in [0.4, 0.5) is 11.8 Å². The Hall–Kier alpha value is -2.55. The van der Waals surface area contributed by atoms with Gasteiger partial charge in [0.05, 0.1) is 24.2 Å². The van der Waals surface area contributed by atoms with Gasteiger partial charge in [-0.3, -0.25) is 4.79 Å². The van der Waals surface area contributed by atoms with Crippen LogP contribution in [0.3, 0.4) is 0 Å². The fraction of sp³-hybridized carbons (Fsp3) is 0.450. The van der Waals surface area contributed by atoms with Crippen molar-refractivity contribution in [2.75, 3.05) is 51.0 Å². The fourth-order valence-electron chi connectivity index (χ4n) is 3.42. The van der Waals surface area contributed by atoms with Crippen LogP contribution < -0.4 is 20.1 Å². The smallest absolute Gasteiger partial charge is 0.246 e. The zero-order valence-corrected chi connectivity index (χ0v) is 18.1. The van der Waals surface area contributed by atoms with Gasteiger partial charge >= 0.3 is 0 Å². The van der Waals surface area contributed by atoms with Crippen LogP contribution in [0.25, 0.3) is 10.9 Å². The topological polar surface area (TPSA) is 93.8 Å². The Bertz CT molecular complexity index is 968. The Morgan fingerprint density at radius 2 is 1.93 bits per heavy atom. The largest absolute Gasteiger partial charge is 0.493 e. The van der Waals surface area contributed by atoms with E-state index in [1.165, 1.54) is 12.8 Å². The van der Waals surface area contributed by atoms with Gasteiger partial charge in [-0.1, -0.05) is 6.08 Å². The molecule has 2 aromatic rings. The Morgan fingerprint density at radius 1 is 1.21 bits per heavy atom. The van der Waals surface area contributed by atoms with Crippen LogP contribution in [-0.4, -0.2) is 61.2 Å². The minimum absolute atomic E-state index is 0.0788. The molecule has 9 heteroatoms. The molecule has 2 N–H and O–H groups in total. The van der Waals surface area contributed by atoms with Crippen molar-refractivity contribution in [3.05, 3.63) is 22.7 Å². The summed E-state index contributed by atoms with van der Waals surface area (Å²) >= 11 is 3.56. The Morgan fingerprint density at radius 3 is 2.55 bits per heavy atom. The molecule has 0 bridgehead atoms. The zero-order valence-electron chi connectivity index (χ0n) is 16.5. The molecule has 1 aliphatic carbocycles. The summed E-state index contributed by atoms with van der Waals surface area (Å²) in [6.45, 7) is 2.56. The van der Waals surface area contributed by atoms with Crippen LogP contribution in [0, 0.1) is 5.92 Å². The number of nitrogens with zero attached hydrogens (tertiary/aromatic N) is 4. The second-order valence-corrected chi connectivity index (χ2v) is 8.03. The van der Waals surface area contributed by atoms with Crippen molar-refractivity contribution < 1.29 is 14.3 Å². The lowest BCUT2D eigenvalue weighted by molar-refractivity contribution is -0.126. The molecule has 0 radical (unpaired) electrons. The molecular weight excluding hydrogens is 438 g/mol. The second-order valence-electron chi connectivity index (χ2n) is 7.24. The van der Waals surface area contributed by atoms with Crippen LogP contribution in [0.2, 0.25) is 0 Å². The van der Waals surface area contributed by atoms with E-state index in [0.29, 0.717) is 70.7 Å². The van der Waals surface area contributed by atoms with E-state index < -0.39 is 0 Å². The maximum Gasteiger partial charge on any atom is 0.246 e. The maximum atomic E-state index is 12.3. The van der Waals surface area contributed by atoms with Crippen molar-refractivity contribution >= 4 is 44.5 Å². The zero-order chi connectivity index (χ0) is 20.5. The van der Waals surface area contributed by atoms with Crippen molar-refractivity contribution in [1.82, 2.24) is 14.9 Å². The molecule has 29 heavy (non-hydrogen) atoms. The first-order valence-corrected chi connectivity index (χ1v) is 10.4. The normalized spacial score (nSPS) is 17.2. The molecular formula is C20H24BrN5O3. The summed E-state index contributed by atoms with van der Waals surface area (Å²) in [4.78, 5) is 25.4. The Labute approximate surface area is 177 Å². The number of carbonyl (C=O) groups excluding carboxylic acids is 1. The van der Waals surface area contributed by atoms with Crippen molar-refractivity contribution in [1.29, 1.82) is 0 Å². The lowest BCUT2D eigenvalue weighted by Gasteiger charge is -2.34. The van der Waals surface area contributed by atoms with E-state index >= 15 is 0 Å². The number of amides is 1. The summed E-state index contributed by atoms with van der Waals surface area (Å²) in [7, 11) is 3.15. The first kappa shape index (κ1) is 19.8. The average Bonchev–Trinajstić information content (AvgIpc) is 3.57. The van der Waals surface area contributed by atoms with Gasteiger partial charge in [-0.15, -0.1) is 0 Å². The molecule has 0 unspecified atom stereocenters. The first-order valence-electron chi connectivity index (χ1n) is 9.61. The number of benzene rings is 1. The van der Waals surface area contributed by atoms with E-state index in [1.54, 1.807) is 26.4 Å².